The molecule has 224 valence electrons. The molecule has 0 aromatic rings. The number of Topliss-reactive ketones (excluding diaryl/α,β-unsaturated/α-hetero) is 1. The Bertz CT molecular complexity index is 1090. The molecular weight excluding hydrogens is 512 g/mol. The van der Waals surface area contributed by atoms with E-state index in [9.17, 15) is 29.7 Å². The van der Waals surface area contributed by atoms with Gasteiger partial charge in [0.2, 0.25) is 0 Å². The summed E-state index contributed by atoms with van der Waals surface area (Å²) < 4.78 is 12.1. The molecule has 1 spiro atoms. The first-order chi connectivity index (χ1) is 18.8. The van der Waals surface area contributed by atoms with Crippen LogP contribution in [0.1, 0.15) is 99.3 Å². The lowest BCUT2D eigenvalue weighted by Gasteiger charge is -2.49. The number of hydrogen-bond donors (Lipinski definition) is 3. The third kappa shape index (κ3) is 4.31. The van der Waals surface area contributed by atoms with Crippen molar-refractivity contribution in [3.63, 3.8) is 0 Å². The number of rotatable bonds is 11. The van der Waals surface area contributed by atoms with Crippen LogP contribution in [0.4, 0.5) is 0 Å². The zero-order valence-corrected chi connectivity index (χ0v) is 25.0. The van der Waals surface area contributed by atoms with Crippen molar-refractivity contribution < 1.29 is 39.2 Å². The number of carbonyl (C=O) groups excluding carboxylic acids is 3. The fourth-order valence-electron chi connectivity index (χ4n) is 8.38. The summed E-state index contributed by atoms with van der Waals surface area (Å²) in [5, 5.41) is 34.6. The van der Waals surface area contributed by atoms with Crippen molar-refractivity contribution in [2.24, 2.45) is 28.6 Å². The molecule has 0 amide bonds. The summed E-state index contributed by atoms with van der Waals surface area (Å²) in [5.74, 6) is -2.86. The van der Waals surface area contributed by atoms with Crippen molar-refractivity contribution in [2.75, 3.05) is 6.61 Å². The number of carbonyl (C=O) groups is 3. The highest BCUT2D eigenvalue weighted by molar-refractivity contribution is 5.96. The third-order valence-corrected chi connectivity index (χ3v) is 10.5. The average molecular weight is 561 g/mol. The van der Waals surface area contributed by atoms with Crippen molar-refractivity contribution in [1.82, 2.24) is 0 Å². The molecule has 4 aliphatic rings. The van der Waals surface area contributed by atoms with Crippen molar-refractivity contribution in [3.8, 4) is 0 Å². The fourth-order valence-corrected chi connectivity index (χ4v) is 8.38. The third-order valence-electron chi connectivity index (χ3n) is 10.5. The van der Waals surface area contributed by atoms with Gasteiger partial charge in [0.1, 0.15) is 11.7 Å². The van der Waals surface area contributed by atoms with E-state index in [-0.39, 0.29) is 29.7 Å². The van der Waals surface area contributed by atoms with E-state index in [2.05, 4.69) is 6.92 Å². The Morgan fingerprint density at radius 2 is 1.65 bits per heavy atom. The number of hydrogen-bond acceptors (Lipinski definition) is 8. The summed E-state index contributed by atoms with van der Waals surface area (Å²) in [6.07, 6.45) is 6.20. The molecule has 0 aromatic carbocycles. The number of fused-ring (bicyclic) bond motifs is 3. The lowest BCUT2D eigenvalue weighted by atomic mass is 9.59. The SMILES string of the molecule is CCCCCC(=O)O[C@H]1C(C)=CC23C(=O)[C@@H](C=C(CO)[C@@H](O)[C@]12O)[C@@H]1C(C)(C)[C@]1(OC(=O)CCCCC)CC3C. The lowest BCUT2D eigenvalue weighted by molar-refractivity contribution is -0.204. The molecule has 8 nitrogen and oxygen atoms in total. The van der Waals surface area contributed by atoms with Crippen LogP contribution in [0.25, 0.3) is 0 Å². The summed E-state index contributed by atoms with van der Waals surface area (Å²) >= 11 is 0. The first kappa shape index (κ1) is 30.9. The van der Waals surface area contributed by atoms with Gasteiger partial charge in [-0.2, -0.15) is 0 Å². The zero-order valence-electron chi connectivity index (χ0n) is 25.0. The van der Waals surface area contributed by atoms with Crippen LogP contribution in [0.5, 0.6) is 0 Å². The van der Waals surface area contributed by atoms with Gasteiger partial charge in [-0.05, 0) is 43.3 Å². The first-order valence-electron chi connectivity index (χ1n) is 15.2. The normalized spacial score (nSPS) is 39.2. The van der Waals surface area contributed by atoms with E-state index in [0.717, 1.165) is 32.1 Å². The summed E-state index contributed by atoms with van der Waals surface area (Å²) in [5.41, 5.74) is -4.69. The standard InChI is InChI=1S/C32H48O8/c1-7-9-11-13-23(34)39-28-19(3)16-30-20(4)17-31(40-24(35)14-12-10-8-2)25(29(31,5)6)22(27(30)37)15-21(18-33)26(36)32(28,30)38/h15-16,20,22,25-26,28,33,36,38H,7-14,17-18H2,1-6H3/t20?,22-,25+,26+,28-,30?,31-,32-/m0/s1. The Labute approximate surface area is 238 Å². The molecule has 8 atom stereocenters. The second-order valence-corrected chi connectivity index (χ2v) is 13.2. The van der Waals surface area contributed by atoms with Crippen LogP contribution in [0.3, 0.4) is 0 Å². The minimum absolute atomic E-state index is 0.109. The number of aliphatic hydroxyl groups is 3. The average Bonchev–Trinajstić information content (AvgIpc) is 3.29. The van der Waals surface area contributed by atoms with Gasteiger partial charge < -0.3 is 24.8 Å². The second-order valence-electron chi connectivity index (χ2n) is 13.2. The maximum Gasteiger partial charge on any atom is 0.306 e. The number of ether oxygens (including phenoxy) is 2. The summed E-state index contributed by atoms with van der Waals surface area (Å²) in [6, 6.07) is 0. The summed E-state index contributed by atoms with van der Waals surface area (Å²) in [4.78, 5) is 40.6. The predicted molar refractivity (Wildman–Crippen MR) is 149 cm³/mol. The van der Waals surface area contributed by atoms with Gasteiger partial charge in [0, 0.05) is 30.1 Å². The van der Waals surface area contributed by atoms with Crippen molar-refractivity contribution in [3.05, 3.63) is 23.3 Å². The van der Waals surface area contributed by atoms with Crippen molar-refractivity contribution in [2.45, 2.75) is 123 Å². The van der Waals surface area contributed by atoms with Crippen molar-refractivity contribution in [1.29, 1.82) is 0 Å². The minimum Gasteiger partial charge on any atom is -0.458 e. The smallest absolute Gasteiger partial charge is 0.306 e. The second kappa shape index (κ2) is 11.0. The van der Waals surface area contributed by atoms with Crippen LogP contribution in [0.2, 0.25) is 0 Å². The predicted octanol–water partition coefficient (Wildman–Crippen LogP) is 4.19. The van der Waals surface area contributed by atoms with E-state index in [0.29, 0.717) is 24.8 Å². The van der Waals surface area contributed by atoms with E-state index in [1.165, 1.54) is 0 Å². The Morgan fingerprint density at radius 1 is 1.05 bits per heavy atom. The molecule has 0 heterocycles. The van der Waals surface area contributed by atoms with Gasteiger partial charge in [0.25, 0.3) is 0 Å². The first-order valence-corrected chi connectivity index (χ1v) is 15.2. The number of esters is 2. The molecule has 0 aromatic heterocycles. The van der Waals surface area contributed by atoms with Gasteiger partial charge in [-0.25, -0.2) is 0 Å². The van der Waals surface area contributed by atoms with E-state index >= 15 is 0 Å². The highest BCUT2D eigenvalue weighted by Crippen LogP contribution is 2.75. The Hall–Kier alpha value is -2.03. The number of allylic oxidation sites excluding steroid dienone is 1. The fraction of sp³-hybridized carbons (Fsp3) is 0.781. The van der Waals surface area contributed by atoms with Crippen LogP contribution >= 0.6 is 0 Å². The van der Waals surface area contributed by atoms with E-state index < -0.39 is 58.7 Å². The monoisotopic (exact) mass is 560 g/mol. The zero-order chi connectivity index (χ0) is 29.7. The summed E-state index contributed by atoms with van der Waals surface area (Å²) in [6.45, 7) is 11.0. The molecule has 8 heteroatoms. The molecule has 40 heavy (non-hydrogen) atoms. The summed E-state index contributed by atoms with van der Waals surface area (Å²) in [7, 11) is 0. The Balaban J connectivity index is 1.78. The van der Waals surface area contributed by atoms with Gasteiger partial charge in [-0.15, -0.1) is 0 Å². The van der Waals surface area contributed by atoms with Gasteiger partial charge in [0.05, 0.1) is 12.0 Å². The van der Waals surface area contributed by atoms with E-state index in [1.54, 1.807) is 19.1 Å². The van der Waals surface area contributed by atoms with Crippen LogP contribution in [0, 0.1) is 28.6 Å². The molecule has 2 bridgehead atoms. The van der Waals surface area contributed by atoms with Gasteiger partial charge in [-0.3, -0.25) is 14.4 Å². The van der Waals surface area contributed by atoms with E-state index in [1.807, 2.05) is 27.7 Å². The van der Waals surface area contributed by atoms with Crippen LogP contribution in [0.15, 0.2) is 23.3 Å². The topological polar surface area (TPSA) is 130 Å². The van der Waals surface area contributed by atoms with Gasteiger partial charge in [0.15, 0.2) is 17.5 Å². The highest BCUT2D eigenvalue weighted by atomic mass is 16.6. The van der Waals surface area contributed by atoms with Crippen LogP contribution in [-0.4, -0.2) is 63.1 Å². The molecule has 3 N–H and O–H groups in total. The molecule has 2 saturated carbocycles. The maximum atomic E-state index is 14.7. The largest absolute Gasteiger partial charge is 0.458 e. The molecule has 0 saturated heterocycles. The number of aliphatic hydroxyl groups excluding tert-OH is 2. The molecule has 4 aliphatic carbocycles. The molecule has 2 unspecified atom stereocenters. The quantitative estimate of drug-likeness (QED) is 0.195. The molecule has 0 aliphatic heterocycles. The Kier molecular flexibility index (Phi) is 8.50. The van der Waals surface area contributed by atoms with E-state index in [4.69, 9.17) is 9.47 Å². The number of ketones is 1. The highest BCUT2D eigenvalue weighted by Gasteiger charge is 2.83. The van der Waals surface area contributed by atoms with Crippen LogP contribution < -0.4 is 0 Å². The molecule has 4 rings (SSSR count). The minimum atomic E-state index is -2.22. The van der Waals surface area contributed by atoms with Crippen molar-refractivity contribution >= 4 is 17.7 Å². The number of unbranched alkanes of at least 4 members (excludes halogenated alkanes) is 4. The lowest BCUT2D eigenvalue weighted by Crippen LogP contribution is -2.66. The van der Waals surface area contributed by atoms with Gasteiger partial charge in [-0.1, -0.05) is 72.5 Å². The molecule has 2 fully saturated rings. The molecular formula is C32H48O8. The van der Waals surface area contributed by atoms with Gasteiger partial charge >= 0.3 is 11.9 Å². The maximum absolute atomic E-state index is 14.7. The molecule has 0 radical (unpaired) electrons. The Morgan fingerprint density at radius 3 is 2.23 bits per heavy atom. The van der Waals surface area contributed by atoms with Crippen LogP contribution in [-0.2, 0) is 23.9 Å².